The molecule has 8 atom stereocenters. The number of nitrogens with zero attached hydrogens (tertiary/aromatic N) is 2. The summed E-state index contributed by atoms with van der Waals surface area (Å²) in [6.07, 6.45) is 10.4. The van der Waals surface area contributed by atoms with Gasteiger partial charge in [0, 0.05) is 13.1 Å². The summed E-state index contributed by atoms with van der Waals surface area (Å²) in [7, 11) is 3.38. The number of rotatable bonds is 20. The van der Waals surface area contributed by atoms with Crippen molar-refractivity contribution in [1.82, 2.24) is 41.7 Å². The molecule has 2 aliphatic carbocycles. The van der Waals surface area contributed by atoms with Gasteiger partial charge in [0.15, 0.2) is 0 Å². The second-order valence-electron chi connectivity index (χ2n) is 18.2. The summed E-state index contributed by atoms with van der Waals surface area (Å²) in [6.45, 7) is 8.87. The van der Waals surface area contributed by atoms with Crippen LogP contribution < -0.4 is 41.4 Å². The molecule has 0 radical (unpaired) electrons. The standard InChI is InChI=1S/C49H72N8O8/c1-30(50-5)44(58)52-32(3)48(62)56-26-14-22-40(56)46(60)54-38-20-10-18-36-34(38)16-12-24-42(36)64-28-8-7-9-29-65-43-25-13-17-35-37(43)19-11-21-39(35)55-47(61)41-23-15-27-57(41)49(63)33(4)53-45(59)31(2)51-6/h12-13,16-17,24-25,30-33,38-41,50-51H,7-11,14-15,18-23,26-29H2,1-6H3,(H,52,58)(H,53,59)(H,54,60)(H,55,61)/t30?,31?,32?,33?,38-,39-,40+,41+/m1/s1. The summed E-state index contributed by atoms with van der Waals surface area (Å²) in [4.78, 5) is 82.1. The van der Waals surface area contributed by atoms with Gasteiger partial charge in [-0.15, -0.1) is 0 Å². The molecule has 16 nitrogen and oxygen atoms in total. The van der Waals surface area contributed by atoms with Crippen LogP contribution in [0.3, 0.4) is 0 Å². The predicted molar refractivity (Wildman–Crippen MR) is 247 cm³/mol. The third-order valence-electron chi connectivity index (χ3n) is 13.7. The molecule has 0 saturated carbocycles. The molecule has 6 amide bonds. The molecule has 4 aliphatic rings. The van der Waals surface area contributed by atoms with Gasteiger partial charge in [0.2, 0.25) is 35.4 Å². The minimum Gasteiger partial charge on any atom is -0.493 e. The maximum atomic E-state index is 13.7. The molecule has 2 aliphatic heterocycles. The van der Waals surface area contributed by atoms with Crippen molar-refractivity contribution in [2.75, 3.05) is 40.4 Å². The van der Waals surface area contributed by atoms with Crippen molar-refractivity contribution in [3.8, 4) is 11.5 Å². The van der Waals surface area contributed by atoms with E-state index in [1.165, 1.54) is 0 Å². The number of likely N-dealkylation sites (N-methyl/N-ethyl adjacent to an activating group) is 2. The summed E-state index contributed by atoms with van der Waals surface area (Å²) in [5, 5.41) is 17.8. The highest BCUT2D eigenvalue weighted by molar-refractivity contribution is 5.94. The highest BCUT2D eigenvalue weighted by atomic mass is 16.5. The Labute approximate surface area is 384 Å². The lowest BCUT2D eigenvalue weighted by Gasteiger charge is -2.31. The van der Waals surface area contributed by atoms with E-state index in [1.807, 2.05) is 24.3 Å². The van der Waals surface area contributed by atoms with Crippen molar-refractivity contribution < 1.29 is 38.2 Å². The zero-order valence-electron chi connectivity index (χ0n) is 39.3. The molecule has 2 fully saturated rings. The maximum absolute atomic E-state index is 13.7. The van der Waals surface area contributed by atoms with Gasteiger partial charge >= 0.3 is 0 Å². The summed E-state index contributed by atoms with van der Waals surface area (Å²) in [5.74, 6) is 0.339. The second kappa shape index (κ2) is 23.3. The van der Waals surface area contributed by atoms with E-state index in [0.717, 1.165) is 104 Å². The smallest absolute Gasteiger partial charge is 0.245 e. The molecule has 2 saturated heterocycles. The van der Waals surface area contributed by atoms with E-state index >= 15 is 0 Å². The van der Waals surface area contributed by atoms with Gasteiger partial charge in [-0.05, 0) is 160 Å². The van der Waals surface area contributed by atoms with Gasteiger partial charge in [0.05, 0.1) is 37.4 Å². The molecule has 6 N–H and O–H groups in total. The SMILES string of the molecule is CNC(C)C(=O)NC(C)C(=O)N1CCC[C@H]1C(=O)N[C@@H]1CCCc2c(OCCCCCOc3cccc4c3CCC[C@H]4NC(=O)[C@@H]3CCCN3C(=O)C(C)NC(=O)C(C)NC)cccc21. The van der Waals surface area contributed by atoms with Crippen LogP contribution >= 0.6 is 0 Å². The van der Waals surface area contributed by atoms with E-state index < -0.39 is 36.3 Å². The average Bonchev–Trinajstić information content (AvgIpc) is 4.02. The van der Waals surface area contributed by atoms with Crippen molar-refractivity contribution in [2.45, 2.75) is 160 Å². The van der Waals surface area contributed by atoms with E-state index in [1.54, 1.807) is 51.6 Å². The summed E-state index contributed by atoms with van der Waals surface area (Å²) in [5.41, 5.74) is 4.36. The van der Waals surface area contributed by atoms with Crippen molar-refractivity contribution in [1.29, 1.82) is 0 Å². The van der Waals surface area contributed by atoms with Gasteiger partial charge in [-0.25, -0.2) is 0 Å². The minimum atomic E-state index is -0.735. The molecule has 0 aromatic heterocycles. The number of carbonyl (C=O) groups excluding carboxylic acids is 6. The van der Waals surface area contributed by atoms with Gasteiger partial charge in [0.25, 0.3) is 0 Å². The van der Waals surface area contributed by atoms with Crippen LogP contribution in [0.15, 0.2) is 36.4 Å². The minimum absolute atomic E-state index is 0.164. The molecule has 16 heteroatoms. The van der Waals surface area contributed by atoms with Crippen molar-refractivity contribution >= 4 is 35.4 Å². The molecule has 6 rings (SSSR count). The molecule has 2 aromatic rings. The highest BCUT2D eigenvalue weighted by Gasteiger charge is 2.40. The molecule has 0 spiro atoms. The Hall–Kier alpha value is -5.22. The third kappa shape index (κ3) is 12.2. The van der Waals surface area contributed by atoms with Gasteiger partial charge in [0.1, 0.15) is 35.7 Å². The van der Waals surface area contributed by atoms with E-state index in [4.69, 9.17) is 9.47 Å². The zero-order valence-corrected chi connectivity index (χ0v) is 39.3. The quantitative estimate of drug-likeness (QED) is 0.107. The number of hydrogen-bond donors (Lipinski definition) is 6. The van der Waals surface area contributed by atoms with Gasteiger partial charge in [-0.3, -0.25) is 28.8 Å². The van der Waals surface area contributed by atoms with Crippen LogP contribution in [0.4, 0.5) is 0 Å². The van der Waals surface area contributed by atoms with Gasteiger partial charge in [-0.1, -0.05) is 24.3 Å². The Kier molecular flexibility index (Phi) is 17.6. The molecule has 4 unspecified atom stereocenters. The van der Waals surface area contributed by atoms with Crippen LogP contribution in [0.1, 0.15) is 133 Å². The topological polar surface area (TPSA) is 200 Å². The molecule has 65 heavy (non-hydrogen) atoms. The first-order chi connectivity index (χ1) is 31.3. The predicted octanol–water partition coefficient (Wildman–Crippen LogP) is 3.51. The molecule has 0 bridgehead atoms. The van der Waals surface area contributed by atoms with E-state index in [9.17, 15) is 28.8 Å². The Balaban J connectivity index is 0.946. The van der Waals surface area contributed by atoms with E-state index in [2.05, 4.69) is 44.0 Å². The molecule has 356 valence electrons. The van der Waals surface area contributed by atoms with Crippen LogP contribution in [-0.2, 0) is 41.6 Å². The number of likely N-dealkylation sites (tertiary alicyclic amines) is 2. The first-order valence-corrected chi connectivity index (χ1v) is 24.0. The van der Waals surface area contributed by atoms with Gasteiger partial charge < -0.3 is 51.2 Å². The Bertz CT molecular complexity index is 1870. The summed E-state index contributed by atoms with van der Waals surface area (Å²) in [6, 6.07) is 8.24. The van der Waals surface area contributed by atoms with Crippen LogP contribution in [0, 0.1) is 0 Å². The molecular weight excluding hydrogens is 829 g/mol. The number of ether oxygens (including phenoxy) is 2. The fourth-order valence-electron chi connectivity index (χ4n) is 9.65. The number of fused-ring (bicyclic) bond motifs is 2. The number of benzene rings is 2. The van der Waals surface area contributed by atoms with Crippen LogP contribution in [0.25, 0.3) is 0 Å². The first kappa shape index (κ1) is 49.2. The van der Waals surface area contributed by atoms with Gasteiger partial charge in [-0.2, -0.15) is 0 Å². The Morgan fingerprint density at radius 1 is 0.569 bits per heavy atom. The maximum Gasteiger partial charge on any atom is 0.245 e. The fraction of sp³-hybridized carbons (Fsp3) is 0.633. The highest BCUT2D eigenvalue weighted by Crippen LogP contribution is 2.37. The van der Waals surface area contributed by atoms with Crippen molar-refractivity contribution in [3.63, 3.8) is 0 Å². The zero-order chi connectivity index (χ0) is 46.6. The molecule has 2 heterocycles. The molecular formula is C49H72N8O8. The number of nitrogens with one attached hydrogen (secondary N) is 6. The summed E-state index contributed by atoms with van der Waals surface area (Å²) >= 11 is 0. The lowest BCUT2D eigenvalue weighted by molar-refractivity contribution is -0.141. The lowest BCUT2D eigenvalue weighted by Crippen LogP contribution is -2.54. The lowest BCUT2D eigenvalue weighted by atomic mass is 9.87. The third-order valence-corrected chi connectivity index (χ3v) is 13.7. The monoisotopic (exact) mass is 901 g/mol. The normalized spacial score (nSPS) is 22.1. The Morgan fingerprint density at radius 3 is 1.38 bits per heavy atom. The van der Waals surface area contributed by atoms with Crippen molar-refractivity contribution in [2.24, 2.45) is 0 Å². The van der Waals surface area contributed by atoms with Crippen LogP contribution in [0.2, 0.25) is 0 Å². The Morgan fingerprint density at radius 2 is 0.985 bits per heavy atom. The van der Waals surface area contributed by atoms with Crippen molar-refractivity contribution in [3.05, 3.63) is 58.7 Å². The van der Waals surface area contributed by atoms with E-state index in [-0.39, 0.29) is 47.5 Å². The number of unbranched alkanes of at least 4 members (excludes halogenated alkanes) is 2. The van der Waals surface area contributed by atoms with Crippen LogP contribution in [-0.4, -0.2) is 122 Å². The van der Waals surface area contributed by atoms with E-state index in [0.29, 0.717) is 39.1 Å². The largest absolute Gasteiger partial charge is 0.493 e. The first-order valence-electron chi connectivity index (χ1n) is 24.0. The number of carbonyl (C=O) groups is 6. The second-order valence-corrected chi connectivity index (χ2v) is 18.2. The number of hydrogen-bond acceptors (Lipinski definition) is 10. The number of amides is 6. The van der Waals surface area contributed by atoms with Crippen LogP contribution in [0.5, 0.6) is 11.5 Å². The molecule has 2 aromatic carbocycles. The average molecular weight is 901 g/mol. The fourth-order valence-corrected chi connectivity index (χ4v) is 9.65. The summed E-state index contributed by atoms with van der Waals surface area (Å²) < 4.78 is 12.7.